The molecule has 3 rings (SSSR count). The number of nitrogens with zero attached hydrogens (tertiary/aromatic N) is 1. The average molecular weight is 343 g/mol. The van der Waals surface area contributed by atoms with E-state index in [1.807, 2.05) is 13.0 Å². The van der Waals surface area contributed by atoms with E-state index in [1.54, 1.807) is 42.6 Å². The Morgan fingerprint density at radius 1 is 1.17 bits per heavy atom. The molecule has 1 atom stereocenters. The quantitative estimate of drug-likeness (QED) is 0.761. The molecular formula is C17H17N3O3S. The monoisotopic (exact) mass is 343 g/mol. The number of benzene rings is 2. The van der Waals surface area contributed by atoms with Crippen molar-refractivity contribution < 1.29 is 13.2 Å². The first kappa shape index (κ1) is 16.2. The number of nitrogens with one attached hydrogen (secondary N) is 2. The van der Waals surface area contributed by atoms with E-state index < -0.39 is 9.84 Å². The van der Waals surface area contributed by atoms with Crippen molar-refractivity contribution in [3.63, 3.8) is 0 Å². The molecule has 7 heteroatoms. The third kappa shape index (κ3) is 3.30. The number of carbonyl (C=O) groups is 1. The zero-order valence-electron chi connectivity index (χ0n) is 13.3. The molecular weight excluding hydrogens is 326 g/mol. The summed E-state index contributed by atoms with van der Waals surface area (Å²) in [5, 5.41) is 10.6. The lowest BCUT2D eigenvalue weighted by molar-refractivity contribution is 0.0940. The Hall–Kier alpha value is -2.67. The first-order chi connectivity index (χ1) is 11.3. The average Bonchev–Trinajstić information content (AvgIpc) is 3.01. The third-order valence-corrected chi connectivity index (χ3v) is 4.99. The molecule has 3 aromatic rings. The van der Waals surface area contributed by atoms with Crippen LogP contribution >= 0.6 is 0 Å². The van der Waals surface area contributed by atoms with Gasteiger partial charge < -0.3 is 5.32 Å². The lowest BCUT2D eigenvalue weighted by Crippen LogP contribution is -2.26. The molecule has 0 saturated heterocycles. The number of aromatic nitrogens is 2. The van der Waals surface area contributed by atoms with E-state index in [0.717, 1.165) is 16.5 Å². The number of sulfone groups is 1. The van der Waals surface area contributed by atoms with Crippen LogP contribution in [0.5, 0.6) is 0 Å². The van der Waals surface area contributed by atoms with Gasteiger partial charge in [-0.1, -0.05) is 18.2 Å². The molecule has 1 heterocycles. The van der Waals surface area contributed by atoms with Crippen molar-refractivity contribution in [2.45, 2.75) is 17.9 Å². The smallest absolute Gasteiger partial charge is 0.251 e. The van der Waals surface area contributed by atoms with Gasteiger partial charge in [0.2, 0.25) is 0 Å². The highest BCUT2D eigenvalue weighted by molar-refractivity contribution is 7.90. The van der Waals surface area contributed by atoms with Crippen molar-refractivity contribution in [3.05, 3.63) is 59.8 Å². The minimum Gasteiger partial charge on any atom is -0.346 e. The van der Waals surface area contributed by atoms with Gasteiger partial charge in [-0.25, -0.2) is 8.42 Å². The lowest BCUT2D eigenvalue weighted by atomic mass is 10.1. The van der Waals surface area contributed by atoms with Crippen molar-refractivity contribution in [2.24, 2.45) is 0 Å². The molecule has 124 valence electrons. The fourth-order valence-corrected chi connectivity index (χ4v) is 3.08. The molecule has 0 saturated carbocycles. The Labute approximate surface area is 139 Å². The second-order valence-electron chi connectivity index (χ2n) is 5.71. The summed E-state index contributed by atoms with van der Waals surface area (Å²) in [6, 6.07) is 11.6. The third-order valence-electron chi connectivity index (χ3n) is 3.86. The van der Waals surface area contributed by atoms with Crippen LogP contribution < -0.4 is 5.32 Å². The first-order valence-electron chi connectivity index (χ1n) is 7.38. The van der Waals surface area contributed by atoms with Gasteiger partial charge in [-0.3, -0.25) is 9.89 Å². The SMILES string of the molecule is C[C@H](NC(=O)c1ccc2cn[nH]c2c1)c1ccc(S(C)(=O)=O)cc1. The number of carbonyl (C=O) groups excluding carboxylic acids is 1. The van der Waals surface area contributed by atoms with E-state index in [2.05, 4.69) is 15.5 Å². The van der Waals surface area contributed by atoms with Gasteiger partial charge >= 0.3 is 0 Å². The summed E-state index contributed by atoms with van der Waals surface area (Å²) in [5.74, 6) is -0.203. The van der Waals surface area contributed by atoms with Gasteiger partial charge in [0.15, 0.2) is 9.84 Å². The fraction of sp³-hybridized carbons (Fsp3) is 0.176. The number of H-pyrrole nitrogens is 1. The van der Waals surface area contributed by atoms with Crippen LogP contribution in [0.25, 0.3) is 10.9 Å². The molecule has 0 unspecified atom stereocenters. The highest BCUT2D eigenvalue weighted by atomic mass is 32.2. The fourth-order valence-electron chi connectivity index (χ4n) is 2.45. The van der Waals surface area contributed by atoms with Gasteiger partial charge in [0.05, 0.1) is 22.7 Å². The van der Waals surface area contributed by atoms with Crippen LogP contribution in [0.2, 0.25) is 0 Å². The summed E-state index contributed by atoms with van der Waals surface area (Å²) >= 11 is 0. The molecule has 0 fully saturated rings. The maximum Gasteiger partial charge on any atom is 0.251 e. The molecule has 0 aliphatic carbocycles. The molecule has 1 aromatic heterocycles. The first-order valence-corrected chi connectivity index (χ1v) is 9.28. The number of hydrogen-bond donors (Lipinski definition) is 2. The van der Waals surface area contributed by atoms with Gasteiger partial charge in [-0.15, -0.1) is 0 Å². The summed E-state index contributed by atoms with van der Waals surface area (Å²) in [6.07, 6.45) is 2.86. The van der Waals surface area contributed by atoms with Crippen LogP contribution in [-0.2, 0) is 9.84 Å². The molecule has 1 amide bonds. The highest BCUT2D eigenvalue weighted by Gasteiger charge is 2.13. The number of aromatic amines is 1. The van der Waals surface area contributed by atoms with Gasteiger partial charge in [-0.05, 0) is 36.8 Å². The van der Waals surface area contributed by atoms with Crippen molar-refractivity contribution in [1.29, 1.82) is 0 Å². The minimum atomic E-state index is -3.22. The topological polar surface area (TPSA) is 91.9 Å². The Bertz CT molecular complexity index is 991. The zero-order chi connectivity index (χ0) is 17.3. The summed E-state index contributed by atoms with van der Waals surface area (Å²) in [6.45, 7) is 1.85. The summed E-state index contributed by atoms with van der Waals surface area (Å²) < 4.78 is 23.0. The molecule has 0 aliphatic rings. The van der Waals surface area contributed by atoms with Gasteiger partial charge in [0.1, 0.15) is 0 Å². The Morgan fingerprint density at radius 2 is 1.88 bits per heavy atom. The number of rotatable bonds is 4. The Kier molecular flexibility index (Phi) is 4.11. The molecule has 2 aromatic carbocycles. The minimum absolute atomic E-state index is 0.203. The van der Waals surface area contributed by atoms with E-state index in [-0.39, 0.29) is 16.8 Å². The number of fused-ring (bicyclic) bond motifs is 1. The van der Waals surface area contributed by atoms with Crippen molar-refractivity contribution >= 4 is 26.6 Å². The van der Waals surface area contributed by atoms with Gasteiger partial charge in [0, 0.05) is 17.2 Å². The summed E-state index contributed by atoms with van der Waals surface area (Å²) in [5.41, 5.74) is 2.16. The highest BCUT2D eigenvalue weighted by Crippen LogP contribution is 2.18. The molecule has 0 radical (unpaired) electrons. The number of hydrogen-bond acceptors (Lipinski definition) is 4. The standard InChI is InChI=1S/C17H17N3O3S/c1-11(12-5-7-15(8-6-12)24(2,22)23)19-17(21)13-3-4-14-10-18-20-16(14)9-13/h3-11H,1-2H3,(H,18,20)(H,19,21)/t11-/m0/s1. The molecule has 2 N–H and O–H groups in total. The summed E-state index contributed by atoms with van der Waals surface area (Å²) in [4.78, 5) is 12.6. The van der Waals surface area contributed by atoms with E-state index in [4.69, 9.17) is 0 Å². The van der Waals surface area contributed by atoms with E-state index >= 15 is 0 Å². The Morgan fingerprint density at radius 3 is 2.54 bits per heavy atom. The van der Waals surface area contributed by atoms with Crippen LogP contribution in [0.1, 0.15) is 28.9 Å². The van der Waals surface area contributed by atoms with E-state index in [9.17, 15) is 13.2 Å². The normalized spacial score (nSPS) is 12.9. The van der Waals surface area contributed by atoms with Gasteiger partial charge in [-0.2, -0.15) is 5.10 Å². The zero-order valence-corrected chi connectivity index (χ0v) is 14.1. The van der Waals surface area contributed by atoms with Crippen molar-refractivity contribution in [2.75, 3.05) is 6.26 Å². The molecule has 0 aliphatic heterocycles. The van der Waals surface area contributed by atoms with E-state index in [0.29, 0.717) is 5.56 Å². The molecule has 6 nitrogen and oxygen atoms in total. The van der Waals surface area contributed by atoms with Crippen molar-refractivity contribution in [3.8, 4) is 0 Å². The van der Waals surface area contributed by atoms with E-state index in [1.165, 1.54) is 6.26 Å². The van der Waals surface area contributed by atoms with Crippen molar-refractivity contribution in [1.82, 2.24) is 15.5 Å². The predicted molar refractivity (Wildman–Crippen MR) is 91.5 cm³/mol. The van der Waals surface area contributed by atoms with Crippen LogP contribution in [0.4, 0.5) is 0 Å². The predicted octanol–water partition coefficient (Wildman–Crippen LogP) is 2.46. The molecule has 24 heavy (non-hydrogen) atoms. The molecule has 0 bridgehead atoms. The number of amides is 1. The maximum absolute atomic E-state index is 12.4. The Balaban J connectivity index is 1.75. The van der Waals surface area contributed by atoms with Crippen LogP contribution in [0.15, 0.2) is 53.6 Å². The second-order valence-corrected chi connectivity index (χ2v) is 7.72. The molecule has 0 spiro atoms. The largest absolute Gasteiger partial charge is 0.346 e. The van der Waals surface area contributed by atoms with Crippen LogP contribution in [0, 0.1) is 0 Å². The van der Waals surface area contributed by atoms with Crippen LogP contribution in [-0.4, -0.2) is 30.8 Å². The summed E-state index contributed by atoms with van der Waals surface area (Å²) in [7, 11) is -3.22. The second kappa shape index (κ2) is 6.09. The maximum atomic E-state index is 12.4. The van der Waals surface area contributed by atoms with Crippen LogP contribution in [0.3, 0.4) is 0 Å². The van der Waals surface area contributed by atoms with Gasteiger partial charge in [0.25, 0.3) is 5.91 Å². The lowest BCUT2D eigenvalue weighted by Gasteiger charge is -2.15.